The smallest absolute Gasteiger partial charge is 0.129 e. The van der Waals surface area contributed by atoms with Crippen molar-refractivity contribution in [2.24, 2.45) is 0 Å². The zero-order valence-electron chi connectivity index (χ0n) is 10.3. The lowest BCUT2D eigenvalue weighted by atomic mass is 10.0. The second-order valence-electron chi connectivity index (χ2n) is 5.12. The van der Waals surface area contributed by atoms with Crippen LogP contribution in [0.15, 0.2) is 12.1 Å². The van der Waals surface area contributed by atoms with E-state index in [-0.39, 0.29) is 11.2 Å². The number of benzene rings is 1. The molecule has 1 N–H and O–H groups in total. The summed E-state index contributed by atoms with van der Waals surface area (Å²) in [4.78, 5) is 0. The van der Waals surface area contributed by atoms with Crippen molar-refractivity contribution < 1.29 is 13.5 Å². The van der Waals surface area contributed by atoms with Gasteiger partial charge in [-0.05, 0) is 38.5 Å². The summed E-state index contributed by atoms with van der Waals surface area (Å²) in [6.07, 6.45) is -0.436. The first-order valence-corrected chi connectivity index (χ1v) is 5.73. The molecule has 0 spiro atoms. The molecule has 1 aliphatic heterocycles. The van der Waals surface area contributed by atoms with Crippen molar-refractivity contribution in [3.8, 4) is 0 Å². The van der Waals surface area contributed by atoms with E-state index in [1.165, 1.54) is 12.1 Å². The van der Waals surface area contributed by atoms with Crippen LogP contribution in [0.25, 0.3) is 0 Å². The fraction of sp³-hybridized carbons (Fsp3) is 0.538. The standard InChI is InChI=1S/C13H17F2NO/c1-8-4-11(15)9(5-10(8)14)12-6-16-7-13(2,3)17-12/h4-5,12,16H,6-7H2,1-3H3. The summed E-state index contributed by atoms with van der Waals surface area (Å²) in [6, 6.07) is 2.45. The van der Waals surface area contributed by atoms with Crippen LogP contribution in [0.2, 0.25) is 0 Å². The number of hydrogen-bond acceptors (Lipinski definition) is 2. The minimum atomic E-state index is -0.436. The van der Waals surface area contributed by atoms with Crippen molar-refractivity contribution in [3.05, 3.63) is 34.9 Å². The predicted molar refractivity (Wildman–Crippen MR) is 61.9 cm³/mol. The van der Waals surface area contributed by atoms with Gasteiger partial charge in [0, 0.05) is 18.7 Å². The van der Waals surface area contributed by atoms with Gasteiger partial charge in [0.15, 0.2) is 0 Å². The summed E-state index contributed by atoms with van der Waals surface area (Å²) in [5.41, 5.74) is 0.235. The van der Waals surface area contributed by atoms with Gasteiger partial charge in [-0.25, -0.2) is 8.78 Å². The first-order chi connectivity index (χ1) is 7.89. The average Bonchev–Trinajstić information content (AvgIpc) is 2.22. The molecular formula is C13H17F2NO. The highest BCUT2D eigenvalue weighted by molar-refractivity contribution is 5.27. The van der Waals surface area contributed by atoms with Crippen molar-refractivity contribution in [1.29, 1.82) is 0 Å². The highest BCUT2D eigenvalue weighted by Gasteiger charge is 2.31. The Morgan fingerprint density at radius 2 is 2.00 bits per heavy atom. The maximum atomic E-state index is 13.8. The molecule has 2 nitrogen and oxygen atoms in total. The molecule has 0 bridgehead atoms. The maximum Gasteiger partial charge on any atom is 0.129 e. The Balaban J connectivity index is 2.31. The second kappa shape index (κ2) is 4.35. The summed E-state index contributed by atoms with van der Waals surface area (Å²) in [6.45, 7) is 6.61. The van der Waals surface area contributed by atoms with Gasteiger partial charge in [-0.3, -0.25) is 0 Å². The van der Waals surface area contributed by atoms with Crippen LogP contribution >= 0.6 is 0 Å². The van der Waals surface area contributed by atoms with Crippen LogP contribution in [0, 0.1) is 18.6 Å². The third-order valence-electron chi connectivity index (χ3n) is 2.97. The summed E-state index contributed by atoms with van der Waals surface area (Å²) in [5, 5.41) is 3.17. The van der Waals surface area contributed by atoms with Crippen LogP contribution in [-0.4, -0.2) is 18.7 Å². The molecule has 1 saturated heterocycles. The Morgan fingerprint density at radius 1 is 1.29 bits per heavy atom. The van der Waals surface area contributed by atoms with Gasteiger partial charge in [0.2, 0.25) is 0 Å². The van der Waals surface area contributed by atoms with Crippen LogP contribution in [0.3, 0.4) is 0 Å². The molecule has 0 aromatic heterocycles. The van der Waals surface area contributed by atoms with E-state index in [1.54, 1.807) is 6.92 Å². The topological polar surface area (TPSA) is 21.3 Å². The molecule has 0 saturated carbocycles. The second-order valence-corrected chi connectivity index (χ2v) is 5.12. The van der Waals surface area contributed by atoms with Gasteiger partial charge in [-0.1, -0.05) is 0 Å². The number of nitrogens with one attached hydrogen (secondary N) is 1. The third-order valence-corrected chi connectivity index (χ3v) is 2.97. The van der Waals surface area contributed by atoms with E-state index in [2.05, 4.69) is 5.32 Å². The van der Waals surface area contributed by atoms with Gasteiger partial charge in [-0.15, -0.1) is 0 Å². The predicted octanol–water partition coefficient (Wildman–Crippen LogP) is 2.71. The van der Waals surface area contributed by atoms with E-state index in [0.29, 0.717) is 18.7 Å². The van der Waals surface area contributed by atoms with Gasteiger partial charge in [0.05, 0.1) is 11.7 Å². The zero-order valence-corrected chi connectivity index (χ0v) is 10.3. The van der Waals surface area contributed by atoms with Crippen molar-refractivity contribution >= 4 is 0 Å². The Bertz CT molecular complexity index is 432. The Morgan fingerprint density at radius 3 is 2.65 bits per heavy atom. The highest BCUT2D eigenvalue weighted by Crippen LogP contribution is 2.29. The Labute approximate surface area is 100.0 Å². The number of morpholine rings is 1. The van der Waals surface area contributed by atoms with Gasteiger partial charge in [0.1, 0.15) is 11.6 Å². The third kappa shape index (κ3) is 2.64. The summed E-state index contributed by atoms with van der Waals surface area (Å²) in [5.74, 6) is -0.804. The molecule has 1 aromatic carbocycles. The van der Waals surface area contributed by atoms with Crippen LogP contribution < -0.4 is 5.32 Å². The number of rotatable bonds is 1. The van der Waals surface area contributed by atoms with Gasteiger partial charge in [-0.2, -0.15) is 0 Å². The highest BCUT2D eigenvalue weighted by atomic mass is 19.1. The molecule has 94 valence electrons. The molecule has 1 heterocycles. The lowest BCUT2D eigenvalue weighted by Crippen LogP contribution is -2.47. The normalized spacial score (nSPS) is 23.7. The van der Waals surface area contributed by atoms with E-state index in [1.807, 2.05) is 13.8 Å². The van der Waals surface area contributed by atoms with E-state index < -0.39 is 17.7 Å². The summed E-state index contributed by atoms with van der Waals surface area (Å²) < 4.78 is 33.0. The molecule has 0 radical (unpaired) electrons. The molecule has 17 heavy (non-hydrogen) atoms. The molecule has 4 heteroatoms. The lowest BCUT2D eigenvalue weighted by molar-refractivity contribution is -0.0971. The first kappa shape index (κ1) is 12.5. The minimum Gasteiger partial charge on any atom is -0.365 e. The fourth-order valence-corrected chi connectivity index (χ4v) is 2.05. The number of aryl methyl sites for hydroxylation is 1. The van der Waals surface area contributed by atoms with E-state index in [9.17, 15) is 8.78 Å². The van der Waals surface area contributed by atoms with Crippen LogP contribution in [0.4, 0.5) is 8.78 Å². The minimum absolute atomic E-state index is 0.286. The largest absolute Gasteiger partial charge is 0.365 e. The van der Waals surface area contributed by atoms with Gasteiger partial charge >= 0.3 is 0 Å². The summed E-state index contributed by atoms with van der Waals surface area (Å²) in [7, 11) is 0. The monoisotopic (exact) mass is 241 g/mol. The van der Waals surface area contributed by atoms with E-state index >= 15 is 0 Å². The maximum absolute atomic E-state index is 13.8. The first-order valence-electron chi connectivity index (χ1n) is 5.73. The lowest BCUT2D eigenvalue weighted by Gasteiger charge is -2.37. The molecular weight excluding hydrogens is 224 g/mol. The van der Waals surface area contributed by atoms with Crippen molar-refractivity contribution in [1.82, 2.24) is 5.32 Å². The number of halogens is 2. The molecule has 1 unspecified atom stereocenters. The van der Waals surface area contributed by atoms with Crippen molar-refractivity contribution in [3.63, 3.8) is 0 Å². The average molecular weight is 241 g/mol. The van der Waals surface area contributed by atoms with E-state index in [4.69, 9.17) is 4.74 Å². The molecule has 1 fully saturated rings. The van der Waals surface area contributed by atoms with Gasteiger partial charge in [0.25, 0.3) is 0 Å². The molecule has 0 aliphatic carbocycles. The van der Waals surface area contributed by atoms with Gasteiger partial charge < -0.3 is 10.1 Å². The molecule has 1 aliphatic rings. The molecule has 1 atom stereocenters. The van der Waals surface area contributed by atoms with Crippen LogP contribution in [-0.2, 0) is 4.74 Å². The van der Waals surface area contributed by atoms with Crippen LogP contribution in [0.1, 0.15) is 31.1 Å². The zero-order chi connectivity index (χ0) is 12.6. The SMILES string of the molecule is Cc1cc(F)c(C2CNCC(C)(C)O2)cc1F. The molecule has 2 rings (SSSR count). The fourth-order valence-electron chi connectivity index (χ4n) is 2.05. The van der Waals surface area contributed by atoms with Crippen molar-refractivity contribution in [2.45, 2.75) is 32.5 Å². The number of ether oxygens (including phenoxy) is 1. The number of hydrogen-bond donors (Lipinski definition) is 1. The summed E-state index contributed by atoms with van der Waals surface area (Å²) >= 11 is 0. The van der Waals surface area contributed by atoms with E-state index in [0.717, 1.165) is 0 Å². The Kier molecular flexibility index (Phi) is 3.19. The molecule has 1 aromatic rings. The molecule has 0 amide bonds. The van der Waals surface area contributed by atoms with Crippen molar-refractivity contribution in [2.75, 3.05) is 13.1 Å². The van der Waals surface area contributed by atoms with Crippen LogP contribution in [0.5, 0.6) is 0 Å². The Hall–Kier alpha value is -1.00. The quantitative estimate of drug-likeness (QED) is 0.816.